The Morgan fingerprint density at radius 3 is 2.93 bits per heavy atom. The Bertz CT molecular complexity index is 345. The summed E-state index contributed by atoms with van der Waals surface area (Å²) in [4.78, 5) is 25.8. The van der Waals surface area contributed by atoms with Gasteiger partial charge in [0.05, 0.1) is 12.1 Å². The van der Waals surface area contributed by atoms with E-state index in [2.05, 4.69) is 10.3 Å². The number of amides is 1. The zero-order chi connectivity index (χ0) is 10.4. The molecule has 0 aliphatic carbocycles. The number of carbonyl (C=O) groups is 2. The number of hydrogen-bond acceptors (Lipinski definition) is 4. The summed E-state index contributed by atoms with van der Waals surface area (Å²) in [5, 5.41) is 10.8. The smallest absolute Gasteiger partial charge is 0.328 e. The van der Waals surface area contributed by atoms with Crippen molar-refractivity contribution in [3.05, 3.63) is 28.7 Å². The maximum Gasteiger partial charge on any atom is 0.328 e. The summed E-state index contributed by atoms with van der Waals surface area (Å²) < 4.78 is 0. The van der Waals surface area contributed by atoms with Crippen LogP contribution in [0.25, 0.3) is 0 Å². The van der Waals surface area contributed by atoms with E-state index in [9.17, 15) is 9.59 Å². The highest BCUT2D eigenvalue weighted by Gasteiger charge is 1.98. The van der Waals surface area contributed by atoms with Gasteiger partial charge in [-0.3, -0.25) is 9.78 Å². The van der Waals surface area contributed by atoms with Crippen LogP contribution in [0.4, 0.5) is 0 Å². The molecule has 0 saturated carbocycles. The van der Waals surface area contributed by atoms with Gasteiger partial charge in [0, 0.05) is 23.2 Å². The van der Waals surface area contributed by atoms with Crippen molar-refractivity contribution >= 4 is 23.2 Å². The maximum absolute atomic E-state index is 11.0. The molecule has 6 heteroatoms. The number of carboxylic acid groups (broad SMARTS) is 1. The minimum absolute atomic E-state index is 0.369. The molecule has 0 fully saturated rings. The number of hydrogen-bond donors (Lipinski definition) is 2. The fourth-order valence-electron chi connectivity index (χ4n) is 0.710. The van der Waals surface area contributed by atoms with Crippen molar-refractivity contribution < 1.29 is 14.7 Å². The van der Waals surface area contributed by atoms with E-state index in [1.54, 1.807) is 11.7 Å². The predicted octanol–water partition coefficient (Wildman–Crippen LogP) is 0.400. The zero-order valence-corrected chi connectivity index (χ0v) is 7.95. The summed E-state index contributed by atoms with van der Waals surface area (Å²) in [6.45, 7) is 0.369. The summed E-state index contributed by atoms with van der Waals surface area (Å²) in [5.41, 5.74) is 1.66. The lowest BCUT2D eigenvalue weighted by molar-refractivity contribution is -0.131. The van der Waals surface area contributed by atoms with Crippen molar-refractivity contribution in [1.82, 2.24) is 10.3 Å². The molecule has 74 valence electrons. The van der Waals surface area contributed by atoms with E-state index in [-0.39, 0.29) is 0 Å². The molecule has 0 radical (unpaired) electrons. The van der Waals surface area contributed by atoms with Crippen LogP contribution < -0.4 is 5.32 Å². The number of rotatable bonds is 4. The standard InChI is InChI=1S/C8H8N2O3S/c11-7(1-2-8(12)13)10-4-6-3-9-5-14-6/h1-3,5H,4H2,(H,10,11)(H,12,13)/b2-1+. The molecule has 1 aromatic rings. The Labute approximate surface area is 84.1 Å². The summed E-state index contributed by atoms with van der Waals surface area (Å²) in [6, 6.07) is 0. The molecule has 0 aromatic carbocycles. The molecule has 1 heterocycles. The molecular weight excluding hydrogens is 204 g/mol. The lowest BCUT2D eigenvalue weighted by Gasteiger charge is -1.96. The quantitative estimate of drug-likeness (QED) is 0.708. The monoisotopic (exact) mass is 212 g/mol. The molecule has 1 aromatic heterocycles. The number of nitrogens with zero attached hydrogens (tertiary/aromatic N) is 1. The number of thiazole rings is 1. The summed E-state index contributed by atoms with van der Waals surface area (Å²) in [6.07, 6.45) is 3.41. The Balaban J connectivity index is 2.32. The molecule has 0 atom stereocenters. The number of aromatic nitrogens is 1. The van der Waals surface area contributed by atoms with Gasteiger partial charge in [0.2, 0.25) is 5.91 Å². The van der Waals surface area contributed by atoms with Gasteiger partial charge in [0.15, 0.2) is 0 Å². The maximum atomic E-state index is 11.0. The second-order valence-corrected chi connectivity index (χ2v) is 3.33. The Kier molecular flexibility index (Phi) is 3.81. The van der Waals surface area contributed by atoms with Crippen LogP contribution in [0.15, 0.2) is 23.9 Å². The second-order valence-electron chi connectivity index (χ2n) is 2.36. The van der Waals surface area contributed by atoms with E-state index in [0.717, 1.165) is 17.0 Å². The molecule has 0 bridgehead atoms. The van der Waals surface area contributed by atoms with Crippen molar-refractivity contribution in [2.75, 3.05) is 0 Å². The normalized spacial score (nSPS) is 10.3. The lowest BCUT2D eigenvalue weighted by atomic mass is 10.4. The molecule has 0 spiro atoms. The highest BCUT2D eigenvalue weighted by Crippen LogP contribution is 2.03. The van der Waals surface area contributed by atoms with Gasteiger partial charge in [-0.2, -0.15) is 0 Å². The predicted molar refractivity (Wildman–Crippen MR) is 50.7 cm³/mol. The van der Waals surface area contributed by atoms with Crippen LogP contribution in [0.1, 0.15) is 4.88 Å². The van der Waals surface area contributed by atoms with Crippen LogP contribution in [0, 0.1) is 0 Å². The molecule has 1 rings (SSSR count). The van der Waals surface area contributed by atoms with Crippen LogP contribution in [-0.2, 0) is 16.1 Å². The third-order valence-electron chi connectivity index (χ3n) is 1.30. The van der Waals surface area contributed by atoms with Crippen LogP contribution in [-0.4, -0.2) is 22.0 Å². The number of nitrogens with one attached hydrogen (secondary N) is 1. The molecule has 0 aliphatic rings. The van der Waals surface area contributed by atoms with Crippen LogP contribution in [0.3, 0.4) is 0 Å². The van der Waals surface area contributed by atoms with Gasteiger partial charge in [-0.05, 0) is 0 Å². The third-order valence-corrected chi connectivity index (χ3v) is 2.08. The number of carboxylic acids is 1. The van der Waals surface area contributed by atoms with Crippen LogP contribution in [0.5, 0.6) is 0 Å². The number of aliphatic carboxylic acids is 1. The molecule has 14 heavy (non-hydrogen) atoms. The van der Waals surface area contributed by atoms with E-state index in [1.807, 2.05) is 0 Å². The Hall–Kier alpha value is -1.69. The second kappa shape index (κ2) is 5.13. The van der Waals surface area contributed by atoms with Crippen molar-refractivity contribution in [3.8, 4) is 0 Å². The van der Waals surface area contributed by atoms with Gasteiger partial charge in [0.1, 0.15) is 0 Å². The first kappa shape index (κ1) is 10.4. The van der Waals surface area contributed by atoms with Gasteiger partial charge in [0.25, 0.3) is 0 Å². The summed E-state index contributed by atoms with van der Waals surface area (Å²) >= 11 is 1.42. The number of carbonyl (C=O) groups excluding carboxylic acids is 1. The highest BCUT2D eigenvalue weighted by molar-refractivity contribution is 7.09. The molecule has 0 saturated heterocycles. The average Bonchev–Trinajstić information content (AvgIpc) is 2.63. The van der Waals surface area contributed by atoms with E-state index in [4.69, 9.17) is 5.11 Å². The molecular formula is C8H8N2O3S. The molecule has 0 aliphatic heterocycles. The first-order valence-electron chi connectivity index (χ1n) is 3.74. The van der Waals surface area contributed by atoms with E-state index in [1.165, 1.54) is 11.3 Å². The fraction of sp³-hybridized carbons (Fsp3) is 0.125. The minimum atomic E-state index is -1.14. The van der Waals surface area contributed by atoms with Gasteiger partial charge in [-0.25, -0.2) is 4.79 Å². The summed E-state index contributed by atoms with van der Waals surface area (Å²) in [7, 11) is 0. The van der Waals surface area contributed by atoms with Gasteiger partial charge in [-0.1, -0.05) is 0 Å². The summed E-state index contributed by atoms with van der Waals surface area (Å²) in [5.74, 6) is -1.57. The van der Waals surface area contributed by atoms with Crippen molar-refractivity contribution in [2.24, 2.45) is 0 Å². The van der Waals surface area contributed by atoms with Gasteiger partial charge < -0.3 is 10.4 Å². The van der Waals surface area contributed by atoms with Gasteiger partial charge in [-0.15, -0.1) is 11.3 Å². The zero-order valence-electron chi connectivity index (χ0n) is 7.14. The van der Waals surface area contributed by atoms with Gasteiger partial charge >= 0.3 is 5.97 Å². The molecule has 1 amide bonds. The van der Waals surface area contributed by atoms with Crippen molar-refractivity contribution in [2.45, 2.75) is 6.54 Å². The largest absolute Gasteiger partial charge is 0.478 e. The van der Waals surface area contributed by atoms with Crippen LogP contribution in [0.2, 0.25) is 0 Å². The van der Waals surface area contributed by atoms with E-state index < -0.39 is 11.9 Å². The van der Waals surface area contributed by atoms with E-state index >= 15 is 0 Å². The topological polar surface area (TPSA) is 79.3 Å². The molecule has 0 unspecified atom stereocenters. The van der Waals surface area contributed by atoms with E-state index in [0.29, 0.717) is 6.54 Å². The highest BCUT2D eigenvalue weighted by atomic mass is 32.1. The molecule has 5 nitrogen and oxygen atoms in total. The third kappa shape index (κ3) is 3.81. The Morgan fingerprint density at radius 1 is 1.57 bits per heavy atom. The first-order valence-corrected chi connectivity index (χ1v) is 4.62. The minimum Gasteiger partial charge on any atom is -0.478 e. The Morgan fingerprint density at radius 2 is 2.36 bits per heavy atom. The SMILES string of the molecule is O=C(O)/C=C/C(=O)NCc1cncs1. The van der Waals surface area contributed by atoms with Crippen molar-refractivity contribution in [1.29, 1.82) is 0 Å². The fourth-order valence-corrected chi connectivity index (χ4v) is 1.24. The van der Waals surface area contributed by atoms with Crippen molar-refractivity contribution in [3.63, 3.8) is 0 Å². The molecule has 2 N–H and O–H groups in total. The van der Waals surface area contributed by atoms with Crippen LogP contribution >= 0.6 is 11.3 Å². The lowest BCUT2D eigenvalue weighted by Crippen LogP contribution is -2.19. The average molecular weight is 212 g/mol. The first-order chi connectivity index (χ1) is 6.68.